The van der Waals surface area contributed by atoms with Crippen LogP contribution in [0.5, 0.6) is 0 Å². The van der Waals surface area contributed by atoms with Gasteiger partial charge in [0, 0.05) is 23.2 Å². The van der Waals surface area contributed by atoms with Gasteiger partial charge < -0.3 is 14.9 Å². The summed E-state index contributed by atoms with van der Waals surface area (Å²) in [7, 11) is 0. The summed E-state index contributed by atoms with van der Waals surface area (Å²) in [5.74, 6) is 0.749. The average molecular weight is 267 g/mol. The number of benzene rings is 1. The van der Waals surface area contributed by atoms with Crippen molar-refractivity contribution >= 4 is 11.6 Å². The molecule has 0 radical (unpaired) electrons. The highest BCUT2D eigenvalue weighted by Gasteiger charge is 2.10. The second kappa shape index (κ2) is 6.00. The van der Waals surface area contributed by atoms with Crippen molar-refractivity contribution in [1.82, 2.24) is 10.5 Å². The Morgan fingerprint density at radius 1 is 1.44 bits per heavy atom. The maximum Gasteiger partial charge on any atom is 0.150 e. The van der Waals surface area contributed by atoms with Crippen LogP contribution in [-0.2, 0) is 6.54 Å². The predicted octanol–water partition coefficient (Wildman–Crippen LogP) is 2.46. The number of rotatable bonds is 5. The Morgan fingerprint density at radius 2 is 2.22 bits per heavy atom. The largest absolute Gasteiger partial charge is 0.387 e. The van der Waals surface area contributed by atoms with Gasteiger partial charge >= 0.3 is 0 Å². The van der Waals surface area contributed by atoms with Crippen LogP contribution in [0.3, 0.4) is 0 Å². The quantitative estimate of drug-likeness (QED) is 0.873. The lowest BCUT2D eigenvalue weighted by molar-refractivity contribution is 0.173. The zero-order valence-corrected chi connectivity index (χ0v) is 10.8. The molecule has 18 heavy (non-hydrogen) atoms. The highest BCUT2D eigenvalue weighted by molar-refractivity contribution is 6.31. The number of aromatic nitrogens is 1. The van der Waals surface area contributed by atoms with E-state index in [4.69, 9.17) is 16.1 Å². The molecule has 0 aliphatic carbocycles. The molecule has 0 amide bonds. The standard InChI is InChI=1S/C13H15ClN2O2/c1-9-6-10(18-16-9)7-15-8-13(17)11-4-2-3-5-12(11)14/h2-6,13,15,17H,7-8H2,1H3. The first-order valence-electron chi connectivity index (χ1n) is 5.72. The van der Waals surface area contributed by atoms with Gasteiger partial charge in [0.15, 0.2) is 5.76 Å². The molecular weight excluding hydrogens is 252 g/mol. The molecule has 0 bridgehead atoms. The molecule has 2 aromatic rings. The lowest BCUT2D eigenvalue weighted by Gasteiger charge is -2.12. The Morgan fingerprint density at radius 3 is 2.89 bits per heavy atom. The van der Waals surface area contributed by atoms with E-state index in [0.717, 1.165) is 17.0 Å². The normalized spacial score (nSPS) is 12.6. The third-order valence-electron chi connectivity index (χ3n) is 2.58. The maximum absolute atomic E-state index is 9.99. The van der Waals surface area contributed by atoms with E-state index in [1.54, 1.807) is 6.07 Å². The summed E-state index contributed by atoms with van der Waals surface area (Å²) in [6, 6.07) is 9.12. The molecule has 1 aromatic heterocycles. The first kappa shape index (κ1) is 13.1. The lowest BCUT2D eigenvalue weighted by atomic mass is 10.1. The van der Waals surface area contributed by atoms with Gasteiger partial charge in [0.2, 0.25) is 0 Å². The van der Waals surface area contributed by atoms with Gasteiger partial charge in [-0.05, 0) is 13.0 Å². The molecule has 2 N–H and O–H groups in total. The molecule has 0 spiro atoms. The zero-order valence-electron chi connectivity index (χ0n) is 10.1. The molecule has 1 atom stereocenters. The monoisotopic (exact) mass is 266 g/mol. The molecule has 1 heterocycles. The molecule has 1 unspecified atom stereocenters. The van der Waals surface area contributed by atoms with Gasteiger partial charge in [0.1, 0.15) is 0 Å². The molecule has 0 aliphatic heterocycles. The number of aryl methyl sites for hydroxylation is 1. The first-order chi connectivity index (χ1) is 8.66. The predicted molar refractivity (Wildman–Crippen MR) is 69.4 cm³/mol. The summed E-state index contributed by atoms with van der Waals surface area (Å²) in [6.45, 7) is 2.80. The van der Waals surface area contributed by atoms with Gasteiger partial charge in [-0.15, -0.1) is 0 Å². The summed E-state index contributed by atoms with van der Waals surface area (Å²) < 4.78 is 5.06. The number of aliphatic hydroxyl groups is 1. The number of hydrogen-bond acceptors (Lipinski definition) is 4. The van der Waals surface area contributed by atoms with Gasteiger partial charge in [0.05, 0.1) is 18.3 Å². The highest BCUT2D eigenvalue weighted by atomic mass is 35.5. The van der Waals surface area contributed by atoms with Crippen LogP contribution in [0.1, 0.15) is 23.1 Å². The van der Waals surface area contributed by atoms with Gasteiger partial charge in [-0.1, -0.05) is 35.0 Å². The van der Waals surface area contributed by atoms with Gasteiger partial charge in [-0.3, -0.25) is 0 Å². The minimum atomic E-state index is -0.636. The Kier molecular flexibility index (Phi) is 4.36. The molecule has 0 saturated heterocycles. The minimum Gasteiger partial charge on any atom is -0.387 e. The maximum atomic E-state index is 9.99. The molecule has 5 heteroatoms. The highest BCUT2D eigenvalue weighted by Crippen LogP contribution is 2.21. The van der Waals surface area contributed by atoms with E-state index in [9.17, 15) is 5.11 Å². The third-order valence-corrected chi connectivity index (χ3v) is 2.92. The summed E-state index contributed by atoms with van der Waals surface area (Å²) in [5, 5.41) is 17.4. The number of hydrogen-bond donors (Lipinski definition) is 2. The first-order valence-corrected chi connectivity index (χ1v) is 6.10. The van der Waals surface area contributed by atoms with E-state index in [0.29, 0.717) is 18.1 Å². The van der Waals surface area contributed by atoms with E-state index in [2.05, 4.69) is 10.5 Å². The van der Waals surface area contributed by atoms with Crippen molar-refractivity contribution in [3.63, 3.8) is 0 Å². The second-order valence-corrected chi connectivity index (χ2v) is 4.51. The fourth-order valence-electron chi connectivity index (χ4n) is 1.69. The van der Waals surface area contributed by atoms with E-state index in [-0.39, 0.29) is 0 Å². The fraction of sp³-hybridized carbons (Fsp3) is 0.308. The Bertz CT molecular complexity index is 513. The average Bonchev–Trinajstić information content (AvgIpc) is 2.75. The summed E-state index contributed by atoms with van der Waals surface area (Å²) in [6.07, 6.45) is -0.636. The topological polar surface area (TPSA) is 58.3 Å². The van der Waals surface area contributed by atoms with E-state index < -0.39 is 6.10 Å². The minimum absolute atomic E-state index is 0.406. The summed E-state index contributed by atoms with van der Waals surface area (Å²) >= 11 is 6.00. The molecule has 0 fully saturated rings. The lowest BCUT2D eigenvalue weighted by Crippen LogP contribution is -2.21. The second-order valence-electron chi connectivity index (χ2n) is 4.10. The van der Waals surface area contributed by atoms with E-state index >= 15 is 0 Å². The van der Waals surface area contributed by atoms with Crippen molar-refractivity contribution < 1.29 is 9.63 Å². The number of nitrogens with one attached hydrogen (secondary N) is 1. The van der Waals surface area contributed by atoms with E-state index in [1.807, 2.05) is 31.2 Å². The van der Waals surface area contributed by atoms with Crippen LogP contribution in [0, 0.1) is 6.92 Å². The molecule has 4 nitrogen and oxygen atoms in total. The fourth-order valence-corrected chi connectivity index (χ4v) is 1.95. The van der Waals surface area contributed by atoms with Crippen LogP contribution in [0.25, 0.3) is 0 Å². The van der Waals surface area contributed by atoms with Gasteiger partial charge in [-0.2, -0.15) is 0 Å². The van der Waals surface area contributed by atoms with Crippen molar-refractivity contribution in [2.24, 2.45) is 0 Å². The number of aliphatic hydroxyl groups excluding tert-OH is 1. The Labute approximate surface area is 111 Å². The van der Waals surface area contributed by atoms with Crippen LogP contribution in [0.15, 0.2) is 34.9 Å². The SMILES string of the molecule is Cc1cc(CNCC(O)c2ccccc2Cl)on1. The molecule has 0 saturated carbocycles. The van der Waals surface area contributed by atoms with Crippen molar-refractivity contribution in [2.75, 3.05) is 6.54 Å². The van der Waals surface area contributed by atoms with Gasteiger partial charge in [-0.25, -0.2) is 0 Å². The van der Waals surface area contributed by atoms with Crippen LogP contribution in [-0.4, -0.2) is 16.8 Å². The smallest absolute Gasteiger partial charge is 0.150 e. The van der Waals surface area contributed by atoms with Crippen LogP contribution in [0.4, 0.5) is 0 Å². The number of halogens is 1. The Balaban J connectivity index is 1.85. The zero-order chi connectivity index (χ0) is 13.0. The van der Waals surface area contributed by atoms with Crippen LogP contribution < -0.4 is 5.32 Å². The van der Waals surface area contributed by atoms with Crippen molar-refractivity contribution in [1.29, 1.82) is 0 Å². The molecule has 0 aliphatic rings. The molecule has 96 valence electrons. The molecule has 1 aromatic carbocycles. The third kappa shape index (κ3) is 3.32. The summed E-state index contributed by atoms with van der Waals surface area (Å²) in [4.78, 5) is 0. The van der Waals surface area contributed by atoms with Crippen LogP contribution >= 0.6 is 11.6 Å². The van der Waals surface area contributed by atoms with Crippen molar-refractivity contribution in [3.05, 3.63) is 52.4 Å². The van der Waals surface area contributed by atoms with Crippen LogP contribution in [0.2, 0.25) is 5.02 Å². The van der Waals surface area contributed by atoms with E-state index in [1.165, 1.54) is 0 Å². The number of nitrogens with zero attached hydrogens (tertiary/aromatic N) is 1. The molecular formula is C13H15ClN2O2. The molecule has 2 rings (SSSR count). The summed E-state index contributed by atoms with van der Waals surface area (Å²) in [5.41, 5.74) is 1.57. The van der Waals surface area contributed by atoms with Gasteiger partial charge in [0.25, 0.3) is 0 Å². The van der Waals surface area contributed by atoms with Crippen molar-refractivity contribution in [2.45, 2.75) is 19.6 Å². The van der Waals surface area contributed by atoms with Crippen molar-refractivity contribution in [3.8, 4) is 0 Å². The Hall–Kier alpha value is -1.36.